The van der Waals surface area contributed by atoms with Gasteiger partial charge in [-0.2, -0.15) is 0 Å². The predicted molar refractivity (Wildman–Crippen MR) is 74.8 cm³/mol. The molecule has 0 unspecified atom stereocenters. The molecule has 2 rings (SSSR count). The van der Waals surface area contributed by atoms with Gasteiger partial charge in [-0.15, -0.1) is 0 Å². The maximum absolute atomic E-state index is 12.6. The fourth-order valence-corrected chi connectivity index (χ4v) is 1.61. The highest BCUT2D eigenvalue weighted by atomic mass is 16.5. The molecule has 0 amide bonds. The van der Waals surface area contributed by atoms with E-state index in [0.29, 0.717) is 5.56 Å². The summed E-state index contributed by atoms with van der Waals surface area (Å²) >= 11 is 0. The van der Waals surface area contributed by atoms with Crippen molar-refractivity contribution in [2.75, 3.05) is 5.06 Å². The second-order valence-corrected chi connectivity index (χ2v) is 4.98. The fourth-order valence-electron chi connectivity index (χ4n) is 1.61. The van der Waals surface area contributed by atoms with Gasteiger partial charge in [0.1, 0.15) is 0 Å². The second-order valence-electron chi connectivity index (χ2n) is 4.98. The van der Waals surface area contributed by atoms with E-state index in [1.54, 1.807) is 45.0 Å². The normalized spacial score (nSPS) is 15.2. The van der Waals surface area contributed by atoms with Gasteiger partial charge in [0.25, 0.3) is 0 Å². The van der Waals surface area contributed by atoms with Gasteiger partial charge in [0.15, 0.2) is 0 Å². The minimum absolute atomic E-state index is 0.0386. The van der Waals surface area contributed by atoms with E-state index in [9.17, 15) is 5.21 Å². The first-order valence-corrected chi connectivity index (χ1v) is 5.71. The maximum Gasteiger partial charge on any atom is 0.0752 e. The van der Waals surface area contributed by atoms with Crippen LogP contribution in [0.25, 0.3) is 11.1 Å². The number of para-hydroxylation sites is 1. The van der Waals surface area contributed by atoms with Crippen LogP contribution < -0.4 is 5.06 Å². The summed E-state index contributed by atoms with van der Waals surface area (Å²) < 4.78 is 39.4. The van der Waals surface area contributed by atoms with E-state index < -0.39 is 23.7 Å². The van der Waals surface area contributed by atoms with Gasteiger partial charge in [0.2, 0.25) is 0 Å². The van der Waals surface area contributed by atoms with Crippen LogP contribution in [0.4, 0.5) is 5.69 Å². The van der Waals surface area contributed by atoms with Crippen LogP contribution in [0.3, 0.4) is 0 Å². The molecule has 1 radical (unpaired) electrons. The van der Waals surface area contributed by atoms with Crippen molar-refractivity contribution in [3.8, 4) is 11.1 Å². The Labute approximate surface area is 115 Å². The van der Waals surface area contributed by atoms with E-state index in [1.165, 1.54) is 0 Å². The molecular formula is C16H18NO. The molecule has 0 N–H and O–H groups in total. The van der Waals surface area contributed by atoms with Gasteiger partial charge in [-0.1, -0.05) is 53.6 Å². The first-order valence-electron chi connectivity index (χ1n) is 8.21. The molecule has 0 aromatic heterocycles. The third-order valence-corrected chi connectivity index (χ3v) is 2.50. The molecular weight excluding hydrogens is 222 g/mol. The van der Waals surface area contributed by atoms with Crippen molar-refractivity contribution in [3.63, 3.8) is 0 Å². The molecule has 2 heteroatoms. The summed E-state index contributed by atoms with van der Waals surface area (Å²) in [6, 6.07) is 4.65. The molecule has 18 heavy (non-hydrogen) atoms. The van der Waals surface area contributed by atoms with Crippen molar-refractivity contribution < 1.29 is 12.1 Å². The third kappa shape index (κ3) is 2.54. The average Bonchev–Trinajstić information content (AvgIpc) is 2.50. The highest BCUT2D eigenvalue weighted by Gasteiger charge is 2.23. The van der Waals surface area contributed by atoms with Crippen molar-refractivity contribution in [3.05, 3.63) is 54.5 Å². The third-order valence-electron chi connectivity index (χ3n) is 2.50. The average molecular weight is 245 g/mol. The molecule has 2 nitrogen and oxygen atoms in total. The van der Waals surface area contributed by atoms with E-state index in [0.717, 1.165) is 5.06 Å². The smallest absolute Gasteiger partial charge is 0.0752 e. The van der Waals surface area contributed by atoms with Crippen LogP contribution in [-0.4, -0.2) is 5.54 Å². The molecule has 0 saturated carbocycles. The van der Waals surface area contributed by atoms with E-state index in [1.807, 2.05) is 0 Å². The SMILES string of the molecule is [2H]c1c([2H])c([2H])c(-c2ccccc2N([O])C(C)(C)C)c([2H])c1[2H]. The summed E-state index contributed by atoms with van der Waals surface area (Å²) in [7, 11) is 0. The lowest BCUT2D eigenvalue weighted by Crippen LogP contribution is -2.37. The highest BCUT2D eigenvalue weighted by molar-refractivity contribution is 5.78. The zero-order chi connectivity index (χ0) is 17.5. The maximum atomic E-state index is 12.6. The van der Waals surface area contributed by atoms with Crippen LogP contribution in [0.5, 0.6) is 0 Å². The van der Waals surface area contributed by atoms with Crippen molar-refractivity contribution in [2.24, 2.45) is 0 Å². The standard InChI is InChI=1S/C16H18NO/c1-16(2,3)17(18)15-12-8-7-11-14(15)13-9-5-4-6-10-13/h4-12H,1-3H3/i4D,5D,6D,9D,10D. The Bertz CT molecular complexity index is 726. The monoisotopic (exact) mass is 245 g/mol. The van der Waals surface area contributed by atoms with Gasteiger partial charge in [0, 0.05) is 5.56 Å². The number of hydrogen-bond acceptors (Lipinski definition) is 1. The predicted octanol–water partition coefficient (Wildman–Crippen LogP) is 4.30. The molecule has 0 saturated heterocycles. The molecule has 0 bridgehead atoms. The molecule has 0 spiro atoms. The Morgan fingerprint density at radius 2 is 1.67 bits per heavy atom. The van der Waals surface area contributed by atoms with Crippen molar-refractivity contribution >= 4 is 5.69 Å². The van der Waals surface area contributed by atoms with Crippen molar-refractivity contribution in [2.45, 2.75) is 26.3 Å². The lowest BCUT2D eigenvalue weighted by atomic mass is 10.0. The van der Waals surface area contributed by atoms with E-state index in [-0.39, 0.29) is 23.3 Å². The molecule has 0 heterocycles. The van der Waals surface area contributed by atoms with E-state index >= 15 is 0 Å². The van der Waals surface area contributed by atoms with Crippen LogP contribution in [-0.2, 0) is 5.21 Å². The molecule has 0 aliphatic rings. The first-order chi connectivity index (χ1) is 10.6. The minimum atomic E-state index is -0.719. The molecule has 0 aliphatic carbocycles. The summed E-state index contributed by atoms with van der Waals surface area (Å²) in [6.45, 7) is 5.25. The second kappa shape index (κ2) is 4.83. The van der Waals surface area contributed by atoms with Crippen molar-refractivity contribution in [1.29, 1.82) is 0 Å². The summed E-state index contributed by atoms with van der Waals surface area (Å²) in [5.41, 5.74) is -0.0756. The van der Waals surface area contributed by atoms with Crippen LogP contribution >= 0.6 is 0 Å². The van der Waals surface area contributed by atoms with E-state index in [4.69, 9.17) is 6.85 Å². The van der Waals surface area contributed by atoms with Crippen LogP contribution in [0.15, 0.2) is 54.5 Å². The minimum Gasteiger partial charge on any atom is -0.215 e. The number of anilines is 1. The van der Waals surface area contributed by atoms with Gasteiger partial charge in [-0.25, -0.2) is 5.06 Å². The van der Waals surface area contributed by atoms with Crippen molar-refractivity contribution in [1.82, 2.24) is 0 Å². The van der Waals surface area contributed by atoms with Gasteiger partial charge in [-0.05, 0) is 32.4 Å². The Morgan fingerprint density at radius 3 is 2.28 bits per heavy atom. The summed E-state index contributed by atoms with van der Waals surface area (Å²) in [5.74, 6) is 0. The lowest BCUT2D eigenvalue weighted by molar-refractivity contribution is 0.102. The molecule has 2 aromatic carbocycles. The highest BCUT2D eigenvalue weighted by Crippen LogP contribution is 2.33. The summed E-state index contributed by atoms with van der Waals surface area (Å²) in [5, 5.41) is 13.4. The van der Waals surface area contributed by atoms with Gasteiger partial charge in [-0.3, -0.25) is 0 Å². The number of rotatable bonds is 2. The summed E-state index contributed by atoms with van der Waals surface area (Å²) in [6.07, 6.45) is 0. The van der Waals surface area contributed by atoms with Crippen LogP contribution in [0.2, 0.25) is 0 Å². The van der Waals surface area contributed by atoms with Gasteiger partial charge >= 0.3 is 0 Å². The Kier molecular flexibility index (Phi) is 2.04. The molecule has 0 aliphatic heterocycles. The van der Waals surface area contributed by atoms with E-state index in [2.05, 4.69) is 0 Å². The zero-order valence-electron chi connectivity index (χ0n) is 15.7. The molecule has 0 fully saturated rings. The Balaban J connectivity index is 2.80. The topological polar surface area (TPSA) is 23.1 Å². The number of benzene rings is 2. The zero-order valence-corrected chi connectivity index (χ0v) is 10.7. The molecule has 0 atom stereocenters. The Hall–Kier alpha value is -1.80. The number of nitrogens with zero attached hydrogens (tertiary/aromatic N) is 1. The number of hydroxylamine groups is 1. The fraction of sp³-hybridized carbons (Fsp3) is 0.250. The molecule has 2 aromatic rings. The lowest BCUT2D eigenvalue weighted by Gasteiger charge is -2.30. The van der Waals surface area contributed by atoms with Crippen LogP contribution in [0, 0.1) is 0 Å². The van der Waals surface area contributed by atoms with Crippen LogP contribution in [0.1, 0.15) is 27.6 Å². The molecule has 93 valence electrons. The largest absolute Gasteiger partial charge is 0.215 e. The number of hydrogen-bond donors (Lipinski definition) is 0. The Morgan fingerprint density at radius 1 is 1.06 bits per heavy atom. The first kappa shape index (κ1) is 7.59. The van der Waals surface area contributed by atoms with Gasteiger partial charge in [0.05, 0.1) is 18.1 Å². The quantitative estimate of drug-likeness (QED) is 0.723. The van der Waals surface area contributed by atoms with Gasteiger partial charge < -0.3 is 0 Å². The summed E-state index contributed by atoms with van der Waals surface area (Å²) in [4.78, 5) is 0.